The van der Waals surface area contributed by atoms with Crippen molar-refractivity contribution in [3.8, 4) is 0 Å². The fraction of sp³-hybridized carbons (Fsp3) is 1.00. The van der Waals surface area contributed by atoms with Gasteiger partial charge in [-0.25, -0.2) is 0 Å². The van der Waals surface area contributed by atoms with Crippen molar-refractivity contribution in [3.63, 3.8) is 0 Å². The summed E-state index contributed by atoms with van der Waals surface area (Å²) in [5.74, 6) is 4.22. The molecular weight excluding hydrogens is 140 g/mol. The van der Waals surface area contributed by atoms with Gasteiger partial charge in [0.2, 0.25) is 0 Å². The molecule has 1 heterocycles. The Balaban J connectivity index is 2.12. The van der Waals surface area contributed by atoms with Crippen molar-refractivity contribution in [1.82, 2.24) is 0 Å². The van der Waals surface area contributed by atoms with Crippen LogP contribution >= 0.6 is 23.5 Å². The molecule has 1 aliphatic rings. The van der Waals surface area contributed by atoms with Gasteiger partial charge in [0.1, 0.15) is 0 Å². The Morgan fingerprint density at radius 3 is 2.57 bits per heavy atom. The molecule has 1 fully saturated rings. The van der Waals surface area contributed by atoms with Gasteiger partial charge in [-0.2, -0.15) is 23.5 Å². The third-order valence-electron chi connectivity index (χ3n) is 0.983. The maximum atomic E-state index is 2.16. The van der Waals surface area contributed by atoms with E-state index in [1.807, 2.05) is 0 Å². The van der Waals surface area contributed by atoms with Gasteiger partial charge < -0.3 is 0 Å². The lowest BCUT2D eigenvalue weighted by atomic mass is 10.9. The van der Waals surface area contributed by atoms with Crippen molar-refractivity contribution in [2.24, 2.45) is 0 Å². The molecule has 0 aliphatic carbocycles. The first kappa shape index (κ1) is 6.04. The summed E-state index contributed by atoms with van der Waals surface area (Å²) >= 11 is 4.28. The normalized spacial score (nSPS) is 33.4. The second-order valence-electron chi connectivity index (χ2n) is 1.76. The third-order valence-corrected chi connectivity index (χ3v) is 5.86. The average Bonchev–Trinajstić information content (AvgIpc) is 1.69. The molecule has 0 spiro atoms. The Hall–Kier alpha value is 0.917. The highest BCUT2D eigenvalue weighted by Crippen LogP contribution is 2.20. The summed E-state index contributed by atoms with van der Waals surface area (Å²) in [6.45, 7) is 0. The Bertz CT molecular complexity index is 51.7. The van der Waals surface area contributed by atoms with Crippen LogP contribution in [0.3, 0.4) is 0 Å². The minimum absolute atomic E-state index is 1.05. The van der Waals surface area contributed by atoms with Gasteiger partial charge in [0.05, 0.1) is 0 Å². The molecule has 1 unspecified atom stereocenters. The molecule has 0 nitrogen and oxygen atoms in total. The maximum absolute atomic E-state index is 2.16. The van der Waals surface area contributed by atoms with E-state index in [0.29, 0.717) is 0 Å². The molecular formula is C4H10S2Si. The van der Waals surface area contributed by atoms with E-state index in [1.54, 1.807) is 0 Å². The summed E-state index contributed by atoms with van der Waals surface area (Å²) < 4.78 is 0. The minimum atomic E-state index is 1.05. The summed E-state index contributed by atoms with van der Waals surface area (Å²) in [5.41, 5.74) is 0. The number of thioether (sulfide) groups is 2. The van der Waals surface area contributed by atoms with Gasteiger partial charge in [-0.15, -0.1) is 0 Å². The van der Waals surface area contributed by atoms with Crippen LogP contribution in [0.1, 0.15) is 0 Å². The Kier molecular flexibility index (Phi) is 2.63. The van der Waals surface area contributed by atoms with Crippen molar-refractivity contribution in [3.05, 3.63) is 0 Å². The molecule has 1 saturated heterocycles. The molecule has 1 aliphatic heterocycles. The van der Waals surface area contributed by atoms with Gasteiger partial charge in [-0.05, 0) is 4.87 Å². The zero-order chi connectivity index (χ0) is 5.11. The van der Waals surface area contributed by atoms with E-state index in [1.165, 1.54) is 27.5 Å². The fourth-order valence-electron chi connectivity index (χ4n) is 0.606. The molecule has 1 rings (SSSR count). The topological polar surface area (TPSA) is 0 Å². The van der Waals surface area contributed by atoms with E-state index >= 15 is 0 Å². The van der Waals surface area contributed by atoms with Gasteiger partial charge in [0, 0.05) is 27.5 Å². The first-order chi connectivity index (χ1) is 3.39. The van der Waals surface area contributed by atoms with Crippen molar-refractivity contribution in [1.29, 1.82) is 0 Å². The predicted octanol–water partition coefficient (Wildman–Crippen LogP) is 0.158. The lowest BCUT2D eigenvalue weighted by molar-refractivity contribution is 1.35. The van der Waals surface area contributed by atoms with Crippen molar-refractivity contribution in [2.45, 2.75) is 4.87 Å². The highest BCUT2D eigenvalue weighted by molar-refractivity contribution is 8.07. The summed E-state index contributed by atoms with van der Waals surface area (Å²) in [5, 5.41) is 0. The lowest BCUT2D eigenvalue weighted by Gasteiger charge is -2.15. The lowest BCUT2D eigenvalue weighted by Crippen LogP contribution is -2.12. The highest BCUT2D eigenvalue weighted by Gasteiger charge is 2.06. The fourth-order valence-corrected chi connectivity index (χ4v) is 4.45. The van der Waals surface area contributed by atoms with Gasteiger partial charge in [-0.3, -0.25) is 0 Å². The zero-order valence-electron chi connectivity index (χ0n) is 4.52. The van der Waals surface area contributed by atoms with E-state index in [2.05, 4.69) is 23.5 Å². The van der Waals surface area contributed by atoms with Crippen LogP contribution in [0.4, 0.5) is 0 Å². The molecule has 0 saturated carbocycles. The third kappa shape index (κ3) is 2.10. The van der Waals surface area contributed by atoms with Crippen LogP contribution in [-0.2, 0) is 0 Å². The van der Waals surface area contributed by atoms with E-state index in [4.69, 9.17) is 0 Å². The van der Waals surface area contributed by atoms with Crippen LogP contribution in [-0.4, -0.2) is 32.4 Å². The standard InChI is InChI=1S/C4H10S2Si/c7-4-3-5-1-2-6-4/h4H,1-3H2,7H3. The molecule has 0 N–H and O–H groups in total. The van der Waals surface area contributed by atoms with Gasteiger partial charge in [0.25, 0.3) is 0 Å². The second kappa shape index (κ2) is 3.05. The Morgan fingerprint density at radius 1 is 1.43 bits per heavy atom. The monoisotopic (exact) mass is 150 g/mol. The van der Waals surface area contributed by atoms with Crippen LogP contribution in [0.2, 0.25) is 0 Å². The minimum Gasteiger partial charge on any atom is -0.161 e. The molecule has 0 bridgehead atoms. The maximum Gasteiger partial charge on any atom is 0.0203 e. The summed E-state index contributed by atoms with van der Waals surface area (Å²) in [6.07, 6.45) is 0. The molecule has 42 valence electrons. The molecule has 7 heavy (non-hydrogen) atoms. The first-order valence-corrected chi connectivity index (χ1v) is 5.95. The Labute approximate surface area is 56.2 Å². The predicted molar refractivity (Wildman–Crippen MR) is 43.5 cm³/mol. The van der Waals surface area contributed by atoms with E-state index in [9.17, 15) is 0 Å². The van der Waals surface area contributed by atoms with Crippen molar-refractivity contribution >= 4 is 33.8 Å². The van der Waals surface area contributed by atoms with E-state index in [0.717, 1.165) is 4.87 Å². The van der Waals surface area contributed by atoms with E-state index in [-0.39, 0.29) is 0 Å². The number of hydrogen-bond donors (Lipinski definition) is 0. The van der Waals surface area contributed by atoms with Crippen LogP contribution in [0, 0.1) is 0 Å². The average molecular weight is 150 g/mol. The molecule has 0 radical (unpaired) electrons. The molecule has 0 aromatic carbocycles. The Morgan fingerprint density at radius 2 is 2.29 bits per heavy atom. The van der Waals surface area contributed by atoms with Gasteiger partial charge in [0.15, 0.2) is 0 Å². The van der Waals surface area contributed by atoms with Gasteiger partial charge in [-0.1, -0.05) is 0 Å². The second-order valence-corrected chi connectivity index (χ2v) is 6.68. The molecule has 3 heteroatoms. The molecule has 0 amide bonds. The number of hydrogen-bond acceptors (Lipinski definition) is 2. The van der Waals surface area contributed by atoms with Crippen molar-refractivity contribution < 1.29 is 0 Å². The SMILES string of the molecule is [SiH3]C1CSCCS1. The first-order valence-electron chi connectivity index (χ1n) is 2.59. The summed E-state index contributed by atoms with van der Waals surface area (Å²) in [4.78, 5) is 1.05. The van der Waals surface area contributed by atoms with Crippen molar-refractivity contribution in [2.75, 3.05) is 17.3 Å². The summed E-state index contributed by atoms with van der Waals surface area (Å²) in [7, 11) is 1.39. The van der Waals surface area contributed by atoms with E-state index < -0.39 is 0 Å². The molecule has 1 atom stereocenters. The van der Waals surface area contributed by atoms with Crippen LogP contribution in [0.25, 0.3) is 0 Å². The quantitative estimate of drug-likeness (QED) is 0.451. The van der Waals surface area contributed by atoms with Crippen LogP contribution < -0.4 is 0 Å². The molecule has 0 aromatic heterocycles. The number of rotatable bonds is 0. The van der Waals surface area contributed by atoms with Crippen LogP contribution in [0.5, 0.6) is 0 Å². The largest absolute Gasteiger partial charge is 0.161 e. The summed E-state index contributed by atoms with van der Waals surface area (Å²) in [6, 6.07) is 0. The van der Waals surface area contributed by atoms with Crippen LogP contribution in [0.15, 0.2) is 0 Å². The van der Waals surface area contributed by atoms with Gasteiger partial charge >= 0.3 is 0 Å². The smallest absolute Gasteiger partial charge is 0.0203 e. The zero-order valence-corrected chi connectivity index (χ0v) is 8.15. The molecule has 0 aromatic rings. The highest BCUT2D eigenvalue weighted by atomic mass is 32.2.